The monoisotopic (exact) mass is 493 g/mol. The Balaban J connectivity index is 1.76. The van der Waals surface area contributed by atoms with Gasteiger partial charge in [0.2, 0.25) is 0 Å². The van der Waals surface area contributed by atoms with E-state index in [1.54, 1.807) is 34.2 Å². The molecule has 0 amide bonds. The van der Waals surface area contributed by atoms with Gasteiger partial charge in [-0.3, -0.25) is 9.36 Å². The molecule has 9 nitrogen and oxygen atoms in total. The van der Waals surface area contributed by atoms with E-state index in [1.807, 2.05) is 18.2 Å². The Morgan fingerprint density at radius 2 is 1.94 bits per heavy atom. The number of methoxy groups -OCH3 is 1. The molecule has 1 aliphatic rings. The van der Waals surface area contributed by atoms with Crippen LogP contribution < -0.4 is 9.64 Å². The van der Waals surface area contributed by atoms with Crippen molar-refractivity contribution in [3.05, 3.63) is 24.5 Å². The molecule has 1 aromatic carbocycles. The smallest absolute Gasteiger partial charge is 0.344 e. The molecule has 3 rings (SSSR count). The van der Waals surface area contributed by atoms with Gasteiger partial charge in [0.25, 0.3) is 0 Å². The molecule has 2 unspecified atom stereocenters. The molecule has 188 valence electrons. The Morgan fingerprint density at radius 1 is 1.18 bits per heavy atom. The fourth-order valence-corrected chi connectivity index (χ4v) is 6.52. The topological polar surface area (TPSA) is 100 Å². The predicted molar refractivity (Wildman–Crippen MR) is 132 cm³/mol. The van der Waals surface area contributed by atoms with E-state index in [-0.39, 0.29) is 19.8 Å². The number of rotatable bonds is 12. The highest BCUT2D eigenvalue weighted by molar-refractivity contribution is 7.55. The summed E-state index contributed by atoms with van der Waals surface area (Å²) in [6, 6.07) is 5.84. The lowest BCUT2D eigenvalue weighted by atomic mass is 9.92. The third kappa shape index (κ3) is 6.06. The number of hydrogen-bond acceptors (Lipinski definition) is 9. The number of esters is 1. The summed E-state index contributed by atoms with van der Waals surface area (Å²) >= 11 is 0. The molecule has 1 aromatic heterocycles. The Bertz CT molecular complexity index is 994. The molecule has 0 aliphatic carbocycles. The molecule has 1 fully saturated rings. The van der Waals surface area contributed by atoms with E-state index >= 15 is 0 Å². The number of fused-ring (bicyclic) bond motifs is 1. The number of hydrogen-bond donors (Lipinski definition) is 0. The van der Waals surface area contributed by atoms with Crippen LogP contribution in [-0.2, 0) is 23.1 Å². The largest absolute Gasteiger partial charge is 0.494 e. The van der Waals surface area contributed by atoms with Crippen molar-refractivity contribution in [1.82, 2.24) is 9.97 Å². The number of para-hydroxylation sites is 1. The van der Waals surface area contributed by atoms with Gasteiger partial charge < -0.3 is 23.4 Å². The van der Waals surface area contributed by atoms with E-state index in [0.717, 1.165) is 48.4 Å². The first-order valence-electron chi connectivity index (χ1n) is 12.0. The maximum Gasteiger partial charge on any atom is 0.344 e. The zero-order valence-electron chi connectivity index (χ0n) is 20.6. The van der Waals surface area contributed by atoms with Crippen molar-refractivity contribution in [3.8, 4) is 5.75 Å². The van der Waals surface area contributed by atoms with Crippen LogP contribution in [0.25, 0.3) is 10.9 Å². The van der Waals surface area contributed by atoms with E-state index in [4.69, 9.17) is 18.5 Å². The standard InChI is InChI=1S/C24H36N3O6P/c1-5-31-24(28)21(34(29,32-6-2)33-7-3)14-13-18-10-9-15-27(16-18)23-19-11-8-12-20(30-4)22(19)25-17-26-23/h8,11-12,17-18,21H,5-7,9-10,13-16H2,1-4H3. The highest BCUT2D eigenvalue weighted by Crippen LogP contribution is 2.55. The van der Waals surface area contributed by atoms with Crippen molar-refractivity contribution in [2.45, 2.75) is 52.1 Å². The van der Waals surface area contributed by atoms with Crippen molar-refractivity contribution in [3.63, 3.8) is 0 Å². The molecule has 0 spiro atoms. The van der Waals surface area contributed by atoms with Gasteiger partial charge in [-0.15, -0.1) is 0 Å². The van der Waals surface area contributed by atoms with Gasteiger partial charge in [0.15, 0.2) is 5.66 Å². The van der Waals surface area contributed by atoms with Crippen LogP contribution in [0.5, 0.6) is 5.75 Å². The van der Waals surface area contributed by atoms with E-state index < -0.39 is 19.2 Å². The molecule has 10 heteroatoms. The first kappa shape index (κ1) is 26.4. The Morgan fingerprint density at radius 3 is 2.62 bits per heavy atom. The summed E-state index contributed by atoms with van der Waals surface area (Å²) in [5, 5.41) is 0.948. The van der Waals surface area contributed by atoms with Gasteiger partial charge in [0.05, 0.1) is 26.9 Å². The van der Waals surface area contributed by atoms with Gasteiger partial charge in [0.1, 0.15) is 23.4 Å². The quantitative estimate of drug-likeness (QED) is 0.304. The second-order valence-corrected chi connectivity index (χ2v) is 10.4. The van der Waals surface area contributed by atoms with Crippen molar-refractivity contribution < 1.29 is 27.9 Å². The fraction of sp³-hybridized carbons (Fsp3) is 0.625. The third-order valence-corrected chi connectivity index (χ3v) is 8.52. The molecule has 34 heavy (non-hydrogen) atoms. The summed E-state index contributed by atoms with van der Waals surface area (Å²) < 4.78 is 35.1. The zero-order valence-corrected chi connectivity index (χ0v) is 21.5. The van der Waals surface area contributed by atoms with E-state index in [1.165, 1.54) is 0 Å². The van der Waals surface area contributed by atoms with Crippen LogP contribution in [0.1, 0.15) is 46.5 Å². The maximum atomic E-state index is 13.4. The third-order valence-electron chi connectivity index (χ3n) is 6.05. The average molecular weight is 494 g/mol. The van der Waals surface area contributed by atoms with Crippen molar-refractivity contribution in [1.29, 1.82) is 0 Å². The molecule has 0 saturated carbocycles. The van der Waals surface area contributed by atoms with Crippen molar-refractivity contribution >= 4 is 30.3 Å². The number of carbonyl (C=O) groups excluding carboxylic acids is 1. The van der Waals surface area contributed by atoms with Crippen LogP contribution in [0.3, 0.4) is 0 Å². The lowest BCUT2D eigenvalue weighted by molar-refractivity contribution is -0.143. The maximum absolute atomic E-state index is 13.4. The Labute approximate surface area is 201 Å². The number of anilines is 1. The van der Waals surface area contributed by atoms with Gasteiger partial charge in [-0.2, -0.15) is 0 Å². The van der Waals surface area contributed by atoms with Crippen LogP contribution in [0.15, 0.2) is 24.5 Å². The number of aromatic nitrogens is 2. The Kier molecular flexibility index (Phi) is 9.68. The van der Waals surface area contributed by atoms with Gasteiger partial charge in [-0.25, -0.2) is 9.97 Å². The van der Waals surface area contributed by atoms with Crippen LogP contribution >= 0.6 is 7.60 Å². The average Bonchev–Trinajstić information content (AvgIpc) is 2.84. The molecule has 0 radical (unpaired) electrons. The van der Waals surface area contributed by atoms with Crippen molar-refractivity contribution in [2.24, 2.45) is 5.92 Å². The van der Waals surface area contributed by atoms with Gasteiger partial charge in [-0.1, -0.05) is 6.07 Å². The summed E-state index contributed by atoms with van der Waals surface area (Å²) in [5.41, 5.74) is -0.138. The number of nitrogens with zero attached hydrogens (tertiary/aromatic N) is 3. The minimum atomic E-state index is -3.62. The molecule has 0 bridgehead atoms. The molecule has 2 heterocycles. The minimum absolute atomic E-state index is 0.203. The molecular formula is C24H36N3O6P. The van der Waals surface area contributed by atoms with Crippen LogP contribution in [-0.4, -0.2) is 61.6 Å². The molecule has 2 aromatic rings. The van der Waals surface area contributed by atoms with Gasteiger partial charge in [0, 0.05) is 18.5 Å². The molecular weight excluding hydrogens is 457 g/mol. The van der Waals surface area contributed by atoms with Gasteiger partial charge >= 0.3 is 13.6 Å². The van der Waals surface area contributed by atoms with E-state index in [0.29, 0.717) is 18.8 Å². The summed E-state index contributed by atoms with van der Waals surface area (Å²) in [7, 11) is -1.98. The van der Waals surface area contributed by atoms with Crippen LogP contribution in [0.4, 0.5) is 5.82 Å². The SMILES string of the molecule is CCOC(=O)C(CCC1CCCN(c2ncnc3c(OC)cccc23)C1)P(=O)(OCC)OCC. The summed E-state index contributed by atoms with van der Waals surface area (Å²) in [6.45, 7) is 7.52. The van der Waals surface area contributed by atoms with E-state index in [9.17, 15) is 9.36 Å². The van der Waals surface area contributed by atoms with Crippen molar-refractivity contribution in [2.75, 3.05) is 44.9 Å². The normalized spacial score (nSPS) is 17.5. The molecule has 2 atom stereocenters. The van der Waals surface area contributed by atoms with Gasteiger partial charge in [-0.05, 0) is 64.5 Å². The second kappa shape index (κ2) is 12.5. The molecule has 1 saturated heterocycles. The molecule has 0 N–H and O–H groups in total. The highest BCUT2D eigenvalue weighted by Gasteiger charge is 2.42. The Hall–Kier alpha value is -2.22. The van der Waals surface area contributed by atoms with E-state index in [2.05, 4.69) is 14.9 Å². The van der Waals surface area contributed by atoms with Crippen LogP contribution in [0.2, 0.25) is 0 Å². The number of carbonyl (C=O) groups is 1. The summed E-state index contributed by atoms with van der Waals surface area (Å²) in [4.78, 5) is 24.0. The predicted octanol–water partition coefficient (Wildman–Crippen LogP) is 4.83. The number of piperidine rings is 1. The summed E-state index contributed by atoms with van der Waals surface area (Å²) in [5.74, 6) is 1.38. The highest BCUT2D eigenvalue weighted by atomic mass is 31.2. The lowest BCUT2D eigenvalue weighted by Crippen LogP contribution is -2.37. The number of benzene rings is 1. The minimum Gasteiger partial charge on any atom is -0.494 e. The van der Waals surface area contributed by atoms with Crippen LogP contribution in [0, 0.1) is 5.92 Å². The second-order valence-electron chi connectivity index (χ2n) is 8.23. The molecule has 1 aliphatic heterocycles. The zero-order chi connectivity index (χ0) is 24.6. The first-order valence-corrected chi connectivity index (χ1v) is 13.7. The first-order chi connectivity index (χ1) is 16.5. The summed E-state index contributed by atoms with van der Waals surface area (Å²) in [6.07, 6.45) is 4.68. The lowest BCUT2D eigenvalue weighted by Gasteiger charge is -2.35. The fourth-order valence-electron chi connectivity index (χ4n) is 4.57. The number of ether oxygens (including phenoxy) is 2.